The van der Waals surface area contributed by atoms with Crippen LogP contribution >= 0.6 is 27.5 Å². The molecule has 6 heteroatoms. The van der Waals surface area contributed by atoms with Crippen molar-refractivity contribution in [2.24, 2.45) is 0 Å². The molecule has 3 nitrogen and oxygen atoms in total. The van der Waals surface area contributed by atoms with Crippen LogP contribution in [-0.4, -0.2) is 8.42 Å². The molecule has 0 aliphatic heterocycles. The molecule has 0 saturated carbocycles. The normalized spacial score (nSPS) is 11.2. The molecule has 0 atom stereocenters. The van der Waals surface area contributed by atoms with E-state index in [4.69, 9.17) is 15.8 Å². The first-order valence-corrected chi connectivity index (χ1v) is 7.51. The molecule has 0 amide bonds. The van der Waals surface area contributed by atoms with E-state index in [1.807, 2.05) is 0 Å². The van der Waals surface area contributed by atoms with Gasteiger partial charge in [0, 0.05) is 9.50 Å². The summed E-state index contributed by atoms with van der Waals surface area (Å²) >= 11 is 8.96. The van der Waals surface area contributed by atoms with Crippen molar-refractivity contribution in [3.05, 3.63) is 58.0 Å². The molecule has 94 valence electrons. The lowest BCUT2D eigenvalue weighted by molar-refractivity contribution is 0.486. The number of halogens is 2. The van der Waals surface area contributed by atoms with Crippen LogP contribution < -0.4 is 4.18 Å². The first kappa shape index (κ1) is 13.4. The number of benzene rings is 2. The first-order chi connectivity index (χ1) is 8.47. The molecule has 0 spiro atoms. The van der Waals surface area contributed by atoms with Crippen molar-refractivity contribution in [1.29, 1.82) is 0 Å². The minimum atomic E-state index is -3.82. The predicted molar refractivity (Wildman–Crippen MR) is 73.4 cm³/mol. The highest BCUT2D eigenvalue weighted by Crippen LogP contribution is 2.21. The summed E-state index contributed by atoms with van der Waals surface area (Å²) in [6, 6.07) is 12.3. The molecular formula is C12H8BrClO3S. The largest absolute Gasteiger partial charge is 0.379 e. The summed E-state index contributed by atoms with van der Waals surface area (Å²) in [7, 11) is -3.82. The lowest BCUT2D eigenvalue weighted by atomic mass is 10.3. The highest BCUT2D eigenvalue weighted by Gasteiger charge is 2.16. The molecule has 0 radical (unpaired) electrons. The standard InChI is InChI=1S/C12H8BrClO3S/c13-9-1-5-11(6-2-9)17-18(15,16)12-7-3-10(14)4-8-12/h1-8H. The van der Waals surface area contributed by atoms with Gasteiger partial charge in [-0.05, 0) is 48.5 Å². The summed E-state index contributed by atoms with van der Waals surface area (Å²) in [5.74, 6) is 0.258. The van der Waals surface area contributed by atoms with Gasteiger partial charge in [-0.15, -0.1) is 0 Å². The van der Waals surface area contributed by atoms with E-state index in [0.717, 1.165) is 4.47 Å². The Hall–Kier alpha value is -1.04. The van der Waals surface area contributed by atoms with Gasteiger partial charge in [0.25, 0.3) is 0 Å². The van der Waals surface area contributed by atoms with Crippen LogP contribution in [0.2, 0.25) is 5.02 Å². The Morgan fingerprint density at radius 1 is 0.944 bits per heavy atom. The molecule has 18 heavy (non-hydrogen) atoms. The van der Waals surface area contributed by atoms with Crippen LogP contribution in [0.15, 0.2) is 57.9 Å². The van der Waals surface area contributed by atoms with Crippen molar-refractivity contribution in [3.63, 3.8) is 0 Å². The van der Waals surface area contributed by atoms with Crippen LogP contribution in [0.1, 0.15) is 0 Å². The first-order valence-electron chi connectivity index (χ1n) is 4.93. The zero-order valence-electron chi connectivity index (χ0n) is 9.01. The second kappa shape index (κ2) is 5.30. The van der Waals surface area contributed by atoms with E-state index in [9.17, 15) is 8.42 Å². The molecule has 0 bridgehead atoms. The molecule has 0 aromatic heterocycles. The van der Waals surface area contributed by atoms with Gasteiger partial charge in [-0.3, -0.25) is 0 Å². The molecular weight excluding hydrogens is 340 g/mol. The quantitative estimate of drug-likeness (QED) is 0.792. The van der Waals surface area contributed by atoms with Gasteiger partial charge in [-0.25, -0.2) is 0 Å². The maximum absolute atomic E-state index is 11.9. The number of hydrogen-bond acceptors (Lipinski definition) is 3. The monoisotopic (exact) mass is 346 g/mol. The van der Waals surface area contributed by atoms with E-state index in [0.29, 0.717) is 5.02 Å². The van der Waals surface area contributed by atoms with Crippen LogP contribution in [0.3, 0.4) is 0 Å². The Labute approximate surface area is 119 Å². The van der Waals surface area contributed by atoms with Crippen LogP contribution in [0.25, 0.3) is 0 Å². The third kappa shape index (κ3) is 3.25. The van der Waals surface area contributed by atoms with E-state index in [1.54, 1.807) is 24.3 Å². The minimum absolute atomic E-state index is 0.0646. The second-order valence-corrected chi connectivity index (χ2v) is 6.34. The number of rotatable bonds is 3. The van der Waals surface area contributed by atoms with E-state index in [-0.39, 0.29) is 10.6 Å². The highest BCUT2D eigenvalue weighted by molar-refractivity contribution is 9.10. The maximum atomic E-state index is 11.9. The second-order valence-electron chi connectivity index (χ2n) is 3.45. The van der Waals surface area contributed by atoms with Crippen molar-refractivity contribution in [3.8, 4) is 5.75 Å². The topological polar surface area (TPSA) is 43.4 Å². The Morgan fingerprint density at radius 3 is 2.06 bits per heavy atom. The lowest BCUT2D eigenvalue weighted by Gasteiger charge is -2.06. The fourth-order valence-electron chi connectivity index (χ4n) is 1.27. The third-order valence-electron chi connectivity index (χ3n) is 2.12. The van der Waals surface area contributed by atoms with Gasteiger partial charge < -0.3 is 4.18 Å². The minimum Gasteiger partial charge on any atom is -0.379 e. The van der Waals surface area contributed by atoms with Gasteiger partial charge in [0.15, 0.2) is 0 Å². The van der Waals surface area contributed by atoms with Crippen LogP contribution in [-0.2, 0) is 10.1 Å². The molecule has 0 unspecified atom stereocenters. The zero-order valence-corrected chi connectivity index (χ0v) is 12.2. The Kier molecular flexibility index (Phi) is 3.94. The highest BCUT2D eigenvalue weighted by atomic mass is 79.9. The molecule has 0 saturated heterocycles. The van der Waals surface area contributed by atoms with Crippen molar-refractivity contribution >= 4 is 37.6 Å². The van der Waals surface area contributed by atoms with Gasteiger partial charge in [0.2, 0.25) is 0 Å². The smallest absolute Gasteiger partial charge is 0.339 e. The van der Waals surface area contributed by atoms with E-state index >= 15 is 0 Å². The Morgan fingerprint density at radius 2 is 1.50 bits per heavy atom. The summed E-state index contributed by atoms with van der Waals surface area (Å²) in [5.41, 5.74) is 0. The van der Waals surface area contributed by atoms with E-state index < -0.39 is 10.1 Å². The molecule has 2 aromatic carbocycles. The zero-order chi connectivity index (χ0) is 13.2. The molecule has 2 aromatic rings. The van der Waals surface area contributed by atoms with Crippen molar-refractivity contribution in [1.82, 2.24) is 0 Å². The van der Waals surface area contributed by atoms with Crippen molar-refractivity contribution < 1.29 is 12.6 Å². The summed E-state index contributed by atoms with van der Waals surface area (Å²) in [5, 5.41) is 0.470. The van der Waals surface area contributed by atoms with Gasteiger partial charge >= 0.3 is 10.1 Å². The SMILES string of the molecule is O=S(=O)(Oc1ccc(Br)cc1)c1ccc(Cl)cc1. The predicted octanol–water partition coefficient (Wildman–Crippen LogP) is 3.87. The third-order valence-corrected chi connectivity index (χ3v) is 4.16. The molecule has 0 heterocycles. The van der Waals surface area contributed by atoms with Gasteiger partial charge in [-0.1, -0.05) is 27.5 Å². The van der Waals surface area contributed by atoms with Crippen LogP contribution in [0.5, 0.6) is 5.75 Å². The molecule has 0 aliphatic rings. The number of hydrogen-bond donors (Lipinski definition) is 0. The van der Waals surface area contributed by atoms with Gasteiger partial charge in [-0.2, -0.15) is 8.42 Å². The average molecular weight is 348 g/mol. The van der Waals surface area contributed by atoms with Gasteiger partial charge in [0.1, 0.15) is 10.6 Å². The fraction of sp³-hybridized carbons (Fsp3) is 0. The summed E-state index contributed by atoms with van der Waals surface area (Å²) in [6.07, 6.45) is 0. The van der Waals surface area contributed by atoms with Crippen molar-refractivity contribution in [2.45, 2.75) is 4.90 Å². The van der Waals surface area contributed by atoms with Gasteiger partial charge in [0.05, 0.1) is 0 Å². The van der Waals surface area contributed by atoms with E-state index in [1.165, 1.54) is 24.3 Å². The van der Waals surface area contributed by atoms with Crippen LogP contribution in [0, 0.1) is 0 Å². The maximum Gasteiger partial charge on any atom is 0.339 e. The van der Waals surface area contributed by atoms with Crippen LogP contribution in [0.4, 0.5) is 0 Å². The molecule has 2 rings (SSSR count). The Balaban J connectivity index is 2.27. The Bertz CT molecular complexity index is 636. The van der Waals surface area contributed by atoms with E-state index in [2.05, 4.69) is 15.9 Å². The molecule has 0 N–H and O–H groups in total. The summed E-state index contributed by atoms with van der Waals surface area (Å²) in [4.78, 5) is 0.0646. The average Bonchev–Trinajstić information content (AvgIpc) is 2.32. The van der Waals surface area contributed by atoms with Crippen molar-refractivity contribution in [2.75, 3.05) is 0 Å². The summed E-state index contributed by atoms with van der Waals surface area (Å²) < 4.78 is 29.7. The fourth-order valence-corrected chi connectivity index (χ4v) is 2.59. The summed E-state index contributed by atoms with van der Waals surface area (Å²) in [6.45, 7) is 0. The lowest BCUT2D eigenvalue weighted by Crippen LogP contribution is -2.09. The molecule has 0 fully saturated rings. The molecule has 0 aliphatic carbocycles.